The molecule has 4 aromatic rings. The van der Waals surface area contributed by atoms with Crippen molar-refractivity contribution in [1.82, 2.24) is 39.0 Å². The lowest BCUT2D eigenvalue weighted by Gasteiger charge is -2.25. The Hall–Kier alpha value is -4.22. The number of anilines is 2. The standard InChI is InChI=1S/C20H23N13O12P2/c21-14-9-15(25-3-24-14)32(4-26-9)18-12(35)8(30-31-23)6(43-18)2-42-47(39,40)45-13-11(34)7(1-41-46(37)38)44-19(13)33-5-27-10-16(33)28-20(22)29-17(10)36/h3-8,11-13,18-19,34-35H,1-2H2,(H6-,21,22,24,25,28,29,36,37,38,39,40)/p+1/t6-,7-,8?,11-,12-,13-,18-,19-/m1/s1. The molecule has 0 aliphatic carbocycles. The smallest absolute Gasteiger partial charge is 0.388 e. The van der Waals surface area contributed by atoms with Crippen LogP contribution >= 0.6 is 16.1 Å². The number of hydrogen-bond donors (Lipinski definition) is 7. The van der Waals surface area contributed by atoms with Crippen molar-refractivity contribution in [3.63, 3.8) is 0 Å². The van der Waals surface area contributed by atoms with Crippen LogP contribution in [-0.4, -0.2) is 109 Å². The minimum absolute atomic E-state index is 0.0520. The van der Waals surface area contributed by atoms with Crippen molar-refractivity contribution in [2.24, 2.45) is 5.11 Å². The number of imidazole rings is 2. The highest BCUT2D eigenvalue weighted by Crippen LogP contribution is 2.50. The Morgan fingerprint density at radius 2 is 1.77 bits per heavy atom. The van der Waals surface area contributed by atoms with Crippen LogP contribution < -0.4 is 17.0 Å². The van der Waals surface area contributed by atoms with Gasteiger partial charge in [0.15, 0.2) is 35.1 Å². The van der Waals surface area contributed by atoms with Crippen molar-refractivity contribution in [3.05, 3.63) is 39.8 Å². The predicted molar refractivity (Wildman–Crippen MR) is 151 cm³/mol. The Balaban J connectivity index is 1.23. The summed E-state index contributed by atoms with van der Waals surface area (Å²) in [5.74, 6) is -0.254. The van der Waals surface area contributed by atoms with Crippen LogP contribution in [0.3, 0.4) is 0 Å². The Bertz CT molecular complexity index is 1980. The van der Waals surface area contributed by atoms with E-state index in [4.69, 9.17) is 40.4 Å². The van der Waals surface area contributed by atoms with E-state index in [1.54, 1.807) is 0 Å². The van der Waals surface area contributed by atoms with Crippen LogP contribution in [0.5, 0.6) is 0 Å². The van der Waals surface area contributed by atoms with Gasteiger partial charge in [0.25, 0.3) is 5.56 Å². The van der Waals surface area contributed by atoms with Crippen LogP contribution in [0.2, 0.25) is 0 Å². The maximum absolute atomic E-state index is 13.2. The molecule has 10 atom stereocenters. The first-order valence-corrected chi connectivity index (χ1v) is 15.8. The summed E-state index contributed by atoms with van der Waals surface area (Å²) in [4.78, 5) is 57.0. The maximum Gasteiger partial charge on any atom is 0.694 e. The molecule has 0 aromatic carbocycles. The predicted octanol–water partition coefficient (Wildman–Crippen LogP) is -1.51. The number of hydrogen-bond acceptors (Lipinski definition) is 18. The van der Waals surface area contributed by atoms with E-state index in [-0.39, 0.29) is 34.1 Å². The summed E-state index contributed by atoms with van der Waals surface area (Å²) in [5.41, 5.74) is 19.9. The van der Waals surface area contributed by atoms with Crippen molar-refractivity contribution in [2.45, 2.75) is 49.0 Å². The molecule has 2 saturated heterocycles. The number of H-pyrrole nitrogens is 1. The third kappa shape index (κ3) is 6.26. The molecule has 0 spiro atoms. The summed E-state index contributed by atoms with van der Waals surface area (Å²) in [6.45, 7) is -1.45. The van der Waals surface area contributed by atoms with Gasteiger partial charge in [-0.15, -0.1) is 9.42 Å². The third-order valence-electron chi connectivity index (χ3n) is 7.23. The molecule has 2 aliphatic rings. The lowest BCUT2D eigenvalue weighted by Crippen LogP contribution is -2.36. The van der Waals surface area contributed by atoms with Crippen LogP contribution in [0.25, 0.3) is 32.8 Å². The topological polar surface area (TPSA) is 369 Å². The first-order chi connectivity index (χ1) is 22.4. The quantitative estimate of drug-likeness (QED) is 0.0404. The average molecular weight is 700 g/mol. The van der Waals surface area contributed by atoms with Gasteiger partial charge >= 0.3 is 16.1 Å². The minimum Gasteiger partial charge on any atom is -0.388 e. The van der Waals surface area contributed by atoms with Gasteiger partial charge in [-0.1, -0.05) is 5.11 Å². The highest BCUT2D eigenvalue weighted by Gasteiger charge is 2.51. The molecular weight excluding hydrogens is 676 g/mol. The molecule has 6 heterocycles. The molecule has 250 valence electrons. The second kappa shape index (κ2) is 12.8. The number of nitrogens with one attached hydrogen (secondary N) is 1. The number of aliphatic hydroxyl groups is 2. The minimum atomic E-state index is -5.19. The number of phosphoric acid groups is 1. The van der Waals surface area contributed by atoms with E-state index in [1.807, 2.05) is 0 Å². The maximum atomic E-state index is 13.2. The SMILES string of the molecule is [N-]=[N+]=NC1[C@@H](O)[C@H](n2cnc3c(N)ncnc32)O[C@@H]1COP(=O)(O)O[C@@H]1[C@H](O)[C@@H](CO[P+](=O)O)O[C@H]1n1cnc2c(=O)[nH]c(N)nc21. The van der Waals surface area contributed by atoms with Crippen molar-refractivity contribution >= 4 is 50.2 Å². The van der Waals surface area contributed by atoms with Gasteiger partial charge in [-0.3, -0.25) is 28.0 Å². The fourth-order valence-electron chi connectivity index (χ4n) is 5.17. The van der Waals surface area contributed by atoms with Gasteiger partial charge in [-0.05, 0) is 5.53 Å². The summed E-state index contributed by atoms with van der Waals surface area (Å²) >= 11 is 0. The van der Waals surface area contributed by atoms with Gasteiger partial charge in [0.05, 0.1) is 31.4 Å². The number of azide groups is 1. The average Bonchev–Trinajstić information content (AvgIpc) is 3.77. The normalized spacial score (nSPS) is 29.2. The van der Waals surface area contributed by atoms with Crippen LogP contribution in [0.4, 0.5) is 11.8 Å². The molecule has 3 unspecified atom stereocenters. The van der Waals surface area contributed by atoms with E-state index in [0.717, 1.165) is 17.2 Å². The lowest BCUT2D eigenvalue weighted by atomic mass is 10.1. The third-order valence-corrected chi connectivity index (χ3v) is 8.58. The number of aromatic nitrogens is 8. The molecule has 0 bridgehead atoms. The van der Waals surface area contributed by atoms with E-state index in [1.165, 1.54) is 10.9 Å². The van der Waals surface area contributed by atoms with Gasteiger partial charge in [0.2, 0.25) is 5.95 Å². The molecule has 0 saturated carbocycles. The Labute approximate surface area is 260 Å². The van der Waals surface area contributed by atoms with Gasteiger partial charge in [0.1, 0.15) is 42.9 Å². The van der Waals surface area contributed by atoms with Gasteiger partial charge in [0, 0.05) is 9.48 Å². The van der Waals surface area contributed by atoms with Gasteiger partial charge in [-0.25, -0.2) is 24.5 Å². The van der Waals surface area contributed by atoms with Crippen molar-refractivity contribution in [1.29, 1.82) is 0 Å². The highest BCUT2D eigenvalue weighted by atomic mass is 31.2. The first kappa shape index (κ1) is 32.7. The van der Waals surface area contributed by atoms with E-state index in [9.17, 15) is 29.0 Å². The summed E-state index contributed by atoms with van der Waals surface area (Å²) in [6, 6.07) is -1.34. The lowest BCUT2D eigenvalue weighted by molar-refractivity contribution is -0.0583. The van der Waals surface area contributed by atoms with Gasteiger partial charge < -0.3 is 36.0 Å². The van der Waals surface area contributed by atoms with Crippen LogP contribution in [0.1, 0.15) is 12.5 Å². The molecule has 0 amide bonds. The molecule has 0 radical (unpaired) electrons. The molecule has 4 aromatic heterocycles. The molecular formula is C20H24N13O12P2+. The second-order valence-electron chi connectivity index (χ2n) is 10.0. The fourth-order valence-corrected chi connectivity index (χ4v) is 6.37. The zero-order chi connectivity index (χ0) is 33.6. The number of rotatable bonds is 11. The Morgan fingerprint density at radius 1 is 1.06 bits per heavy atom. The van der Waals surface area contributed by atoms with Gasteiger partial charge in [-0.2, -0.15) is 4.98 Å². The first-order valence-electron chi connectivity index (χ1n) is 13.2. The second-order valence-corrected chi connectivity index (χ2v) is 12.2. The molecule has 2 fully saturated rings. The number of ether oxygens (including phenoxy) is 2. The zero-order valence-corrected chi connectivity index (χ0v) is 25.1. The number of nitrogen functional groups attached to an aromatic ring is 2. The molecule has 6 rings (SSSR count). The van der Waals surface area contributed by atoms with Crippen molar-refractivity contribution < 1.29 is 52.2 Å². The highest BCUT2D eigenvalue weighted by molar-refractivity contribution is 7.47. The molecule has 2 aliphatic heterocycles. The van der Waals surface area contributed by atoms with Crippen LogP contribution in [0.15, 0.2) is 28.9 Å². The number of aromatic amines is 1. The summed E-state index contributed by atoms with van der Waals surface area (Å²) in [7, 11) is -8.31. The van der Waals surface area contributed by atoms with Crippen molar-refractivity contribution in [3.8, 4) is 0 Å². The largest absolute Gasteiger partial charge is 0.694 e. The molecule has 47 heavy (non-hydrogen) atoms. The Kier molecular flexibility index (Phi) is 8.88. The summed E-state index contributed by atoms with van der Waals surface area (Å²) < 4.78 is 53.4. The van der Waals surface area contributed by atoms with Crippen LogP contribution in [0, 0.1) is 0 Å². The zero-order valence-electron chi connectivity index (χ0n) is 23.3. The van der Waals surface area contributed by atoms with E-state index >= 15 is 0 Å². The Morgan fingerprint density at radius 3 is 2.49 bits per heavy atom. The van der Waals surface area contributed by atoms with Crippen LogP contribution in [-0.2, 0) is 32.2 Å². The number of phosphoric ester groups is 1. The summed E-state index contributed by atoms with van der Waals surface area (Å²) in [6.07, 6.45) is -7.12. The monoisotopic (exact) mass is 700 g/mol. The van der Waals surface area contributed by atoms with Crippen molar-refractivity contribution in [2.75, 3.05) is 24.7 Å². The number of aliphatic hydroxyl groups excluding tert-OH is 2. The summed E-state index contributed by atoms with van der Waals surface area (Å²) in [5, 5.41) is 25.5. The molecule has 9 N–H and O–H groups in total. The molecule has 27 heteroatoms. The van der Waals surface area contributed by atoms with E-state index in [2.05, 4.69) is 44.5 Å². The van der Waals surface area contributed by atoms with E-state index in [0.29, 0.717) is 0 Å². The molecule has 25 nitrogen and oxygen atoms in total. The fraction of sp³-hybridized carbons (Fsp3) is 0.500. The number of nitrogens with two attached hydrogens (primary N) is 2. The number of nitrogens with zero attached hydrogens (tertiary/aromatic N) is 10. The van der Waals surface area contributed by atoms with E-state index < -0.39 is 83.9 Å². The number of fused-ring (bicyclic) bond motifs is 2.